The van der Waals surface area contributed by atoms with Gasteiger partial charge in [0.05, 0.1) is 22.3 Å². The van der Waals surface area contributed by atoms with Gasteiger partial charge in [-0.25, -0.2) is 0 Å². The second kappa shape index (κ2) is 6.12. The highest BCUT2D eigenvalue weighted by Gasteiger charge is 2.08. The second-order valence-corrected chi connectivity index (χ2v) is 6.32. The Kier molecular flexibility index (Phi) is 4.50. The molecule has 2 heterocycles. The van der Waals surface area contributed by atoms with Crippen LogP contribution in [0.4, 0.5) is 0 Å². The van der Waals surface area contributed by atoms with Crippen molar-refractivity contribution in [2.75, 3.05) is 0 Å². The summed E-state index contributed by atoms with van der Waals surface area (Å²) in [6.45, 7) is 7.73. The largest absolute Gasteiger partial charge is 0.486 e. The highest BCUT2D eigenvalue weighted by Crippen LogP contribution is 2.14. The molecule has 4 nitrogen and oxygen atoms in total. The molecule has 0 saturated carbocycles. The van der Waals surface area contributed by atoms with E-state index in [1.165, 1.54) is 0 Å². The lowest BCUT2D eigenvalue weighted by molar-refractivity contribution is 0.308. The molecule has 0 bridgehead atoms. The summed E-state index contributed by atoms with van der Waals surface area (Å²) < 4.78 is 5.64. The van der Waals surface area contributed by atoms with Gasteiger partial charge in [0.25, 0.3) is 0 Å². The third kappa shape index (κ3) is 4.96. The van der Waals surface area contributed by atoms with Crippen molar-refractivity contribution in [1.29, 1.82) is 0 Å². The van der Waals surface area contributed by atoms with Crippen LogP contribution < -0.4 is 10.1 Å². The average molecular weight is 277 g/mol. The van der Waals surface area contributed by atoms with Gasteiger partial charge >= 0.3 is 0 Å². The van der Waals surface area contributed by atoms with Gasteiger partial charge in [-0.05, 0) is 32.9 Å². The Morgan fingerprint density at radius 2 is 2.11 bits per heavy atom. The van der Waals surface area contributed by atoms with Gasteiger partial charge < -0.3 is 10.1 Å². The van der Waals surface area contributed by atoms with Crippen LogP contribution in [0.25, 0.3) is 0 Å². The van der Waals surface area contributed by atoms with Crippen LogP contribution in [0.1, 0.15) is 31.3 Å². The van der Waals surface area contributed by atoms with Crippen LogP contribution in [-0.2, 0) is 13.2 Å². The highest BCUT2D eigenvalue weighted by atomic mass is 32.1. The fraction of sp³-hybridized carbons (Fsp3) is 0.429. The molecule has 1 N–H and O–H groups in total. The van der Waals surface area contributed by atoms with E-state index in [2.05, 4.69) is 36.1 Å². The molecule has 0 fully saturated rings. The van der Waals surface area contributed by atoms with Crippen molar-refractivity contribution < 1.29 is 4.74 Å². The number of aromatic nitrogens is 2. The standard InChI is InChI=1S/C14H19N3OS/c1-14(2,3)17-6-11-4-5-12(7-16-11)18-9-13-8-15-10-19-13/h4-5,7-8,10,17H,6,9H2,1-3H3. The van der Waals surface area contributed by atoms with Crippen LogP contribution in [0.15, 0.2) is 30.0 Å². The van der Waals surface area contributed by atoms with Crippen molar-refractivity contribution in [3.8, 4) is 5.75 Å². The summed E-state index contributed by atoms with van der Waals surface area (Å²) >= 11 is 1.59. The SMILES string of the molecule is CC(C)(C)NCc1ccc(OCc2cncs2)cn1. The molecule has 0 aromatic carbocycles. The number of hydrogen-bond acceptors (Lipinski definition) is 5. The average Bonchev–Trinajstić information content (AvgIpc) is 2.87. The van der Waals surface area contributed by atoms with Gasteiger partial charge in [0, 0.05) is 18.3 Å². The summed E-state index contributed by atoms with van der Waals surface area (Å²) in [6.07, 6.45) is 3.58. The summed E-state index contributed by atoms with van der Waals surface area (Å²) in [5.41, 5.74) is 2.92. The van der Waals surface area contributed by atoms with Crippen molar-refractivity contribution >= 4 is 11.3 Å². The zero-order valence-electron chi connectivity index (χ0n) is 11.5. The molecule has 0 aliphatic carbocycles. The summed E-state index contributed by atoms with van der Waals surface area (Å²) in [5, 5.41) is 3.40. The van der Waals surface area contributed by atoms with Crippen molar-refractivity contribution in [2.24, 2.45) is 0 Å². The van der Waals surface area contributed by atoms with Crippen molar-refractivity contribution in [2.45, 2.75) is 39.5 Å². The van der Waals surface area contributed by atoms with E-state index in [0.717, 1.165) is 22.9 Å². The molecule has 0 aliphatic rings. The number of pyridine rings is 1. The molecule has 0 unspecified atom stereocenters. The first kappa shape index (κ1) is 14.0. The maximum absolute atomic E-state index is 5.64. The number of hydrogen-bond donors (Lipinski definition) is 1. The third-order valence-corrected chi connectivity index (χ3v) is 3.22. The molecule has 5 heteroatoms. The predicted octanol–water partition coefficient (Wildman–Crippen LogP) is 3.01. The molecule has 2 aromatic rings. The molecule has 2 rings (SSSR count). The quantitative estimate of drug-likeness (QED) is 0.912. The number of ether oxygens (including phenoxy) is 1. The Bertz CT molecular complexity index is 488. The molecule has 0 atom stereocenters. The molecule has 0 radical (unpaired) electrons. The first-order chi connectivity index (χ1) is 9.03. The summed E-state index contributed by atoms with van der Waals surface area (Å²) in [5.74, 6) is 0.785. The first-order valence-electron chi connectivity index (χ1n) is 6.23. The van der Waals surface area contributed by atoms with E-state index in [1.807, 2.05) is 18.3 Å². The Morgan fingerprint density at radius 3 is 2.68 bits per heavy atom. The van der Waals surface area contributed by atoms with Crippen molar-refractivity contribution in [3.63, 3.8) is 0 Å². The molecule has 0 saturated heterocycles. The van der Waals surface area contributed by atoms with E-state index < -0.39 is 0 Å². The van der Waals surface area contributed by atoms with E-state index >= 15 is 0 Å². The van der Waals surface area contributed by atoms with Gasteiger partial charge in [0.15, 0.2) is 0 Å². The molecule has 0 amide bonds. The van der Waals surface area contributed by atoms with Crippen LogP contribution >= 0.6 is 11.3 Å². The fourth-order valence-corrected chi connectivity index (χ4v) is 1.93. The molecule has 0 aliphatic heterocycles. The second-order valence-electron chi connectivity index (χ2n) is 5.35. The van der Waals surface area contributed by atoms with E-state index in [9.17, 15) is 0 Å². The van der Waals surface area contributed by atoms with Gasteiger partial charge in [0.2, 0.25) is 0 Å². The smallest absolute Gasteiger partial charge is 0.138 e. The minimum Gasteiger partial charge on any atom is -0.486 e. The van der Waals surface area contributed by atoms with Gasteiger partial charge in [0.1, 0.15) is 12.4 Å². The van der Waals surface area contributed by atoms with Crippen LogP contribution in [0.3, 0.4) is 0 Å². The number of nitrogens with one attached hydrogen (secondary N) is 1. The predicted molar refractivity (Wildman–Crippen MR) is 77.3 cm³/mol. The topological polar surface area (TPSA) is 47.0 Å². The Balaban J connectivity index is 1.84. The Labute approximate surface area is 117 Å². The Hall–Kier alpha value is -1.46. The minimum absolute atomic E-state index is 0.100. The molecule has 19 heavy (non-hydrogen) atoms. The number of rotatable bonds is 5. The number of thiazole rings is 1. The minimum atomic E-state index is 0.100. The van der Waals surface area contributed by atoms with Crippen LogP contribution in [0.5, 0.6) is 5.75 Å². The monoisotopic (exact) mass is 277 g/mol. The van der Waals surface area contributed by atoms with Crippen LogP contribution in [-0.4, -0.2) is 15.5 Å². The molecule has 102 valence electrons. The van der Waals surface area contributed by atoms with Crippen LogP contribution in [0.2, 0.25) is 0 Å². The van der Waals surface area contributed by atoms with E-state index in [-0.39, 0.29) is 5.54 Å². The number of nitrogens with zero attached hydrogens (tertiary/aromatic N) is 2. The highest BCUT2D eigenvalue weighted by molar-refractivity contribution is 7.09. The zero-order chi connectivity index (χ0) is 13.7. The maximum Gasteiger partial charge on any atom is 0.138 e. The van der Waals surface area contributed by atoms with E-state index in [4.69, 9.17) is 4.74 Å². The van der Waals surface area contributed by atoms with Crippen LogP contribution in [0, 0.1) is 0 Å². The lowest BCUT2D eigenvalue weighted by Gasteiger charge is -2.20. The first-order valence-corrected chi connectivity index (χ1v) is 7.11. The molecule has 0 spiro atoms. The van der Waals surface area contributed by atoms with Crippen molar-refractivity contribution in [1.82, 2.24) is 15.3 Å². The fourth-order valence-electron chi connectivity index (χ4n) is 1.42. The summed E-state index contributed by atoms with van der Waals surface area (Å²) in [4.78, 5) is 9.50. The molecular weight excluding hydrogens is 258 g/mol. The third-order valence-electron chi connectivity index (χ3n) is 2.46. The van der Waals surface area contributed by atoms with Gasteiger partial charge in [-0.15, -0.1) is 11.3 Å². The van der Waals surface area contributed by atoms with Crippen molar-refractivity contribution in [3.05, 3.63) is 40.6 Å². The zero-order valence-corrected chi connectivity index (χ0v) is 12.3. The lowest BCUT2D eigenvalue weighted by atomic mass is 10.1. The Morgan fingerprint density at radius 1 is 1.26 bits per heavy atom. The van der Waals surface area contributed by atoms with Gasteiger partial charge in [-0.2, -0.15) is 0 Å². The molecule has 2 aromatic heterocycles. The van der Waals surface area contributed by atoms with E-state index in [1.54, 1.807) is 23.0 Å². The van der Waals surface area contributed by atoms with Gasteiger partial charge in [-0.1, -0.05) is 0 Å². The van der Waals surface area contributed by atoms with Gasteiger partial charge in [-0.3, -0.25) is 9.97 Å². The van der Waals surface area contributed by atoms with E-state index in [0.29, 0.717) is 6.61 Å². The maximum atomic E-state index is 5.64. The summed E-state index contributed by atoms with van der Waals surface area (Å²) in [7, 11) is 0. The lowest BCUT2D eigenvalue weighted by Crippen LogP contribution is -2.35. The normalized spacial score (nSPS) is 11.5. The molecular formula is C14H19N3OS. The summed E-state index contributed by atoms with van der Waals surface area (Å²) in [6, 6.07) is 3.94.